The number of nitrogens with zero attached hydrogens (tertiary/aromatic N) is 2. The first kappa shape index (κ1) is 17.2. The second kappa shape index (κ2) is 6.73. The molecule has 2 saturated heterocycles. The van der Waals surface area contributed by atoms with Crippen LogP contribution in [0.2, 0.25) is 5.02 Å². The fourth-order valence-electron chi connectivity index (χ4n) is 3.74. The van der Waals surface area contributed by atoms with E-state index in [-0.39, 0.29) is 17.2 Å². The van der Waals surface area contributed by atoms with Gasteiger partial charge in [0.05, 0.1) is 0 Å². The van der Waals surface area contributed by atoms with Gasteiger partial charge in [-0.2, -0.15) is 0 Å². The first-order chi connectivity index (χ1) is 11.4. The van der Waals surface area contributed by atoms with Gasteiger partial charge in [0.2, 0.25) is 5.91 Å². The Balaban J connectivity index is 1.60. The molecular formula is C18H23ClN2O3. The van der Waals surface area contributed by atoms with Crippen LogP contribution in [-0.4, -0.2) is 52.5 Å². The summed E-state index contributed by atoms with van der Waals surface area (Å²) in [6, 6.07) is 7.58. The van der Waals surface area contributed by atoms with E-state index in [2.05, 4.69) is 0 Å². The van der Waals surface area contributed by atoms with Crippen molar-refractivity contribution in [3.8, 4) is 0 Å². The van der Waals surface area contributed by atoms with Gasteiger partial charge >= 0.3 is 0 Å². The van der Waals surface area contributed by atoms with Crippen molar-refractivity contribution in [2.45, 2.75) is 38.8 Å². The average Bonchev–Trinajstić information content (AvgIpc) is 2.85. The third kappa shape index (κ3) is 3.57. The molecule has 1 spiro atoms. The molecule has 24 heavy (non-hydrogen) atoms. The maximum Gasteiger partial charge on any atom is 0.251 e. The van der Waals surface area contributed by atoms with Gasteiger partial charge in [0.1, 0.15) is 6.10 Å². The molecule has 1 aromatic rings. The Morgan fingerprint density at radius 3 is 2.50 bits per heavy atom. The summed E-state index contributed by atoms with van der Waals surface area (Å²) in [6.07, 6.45) is 1.23. The fourth-order valence-corrected chi connectivity index (χ4v) is 3.86. The number of piperidine rings is 1. The number of benzene rings is 1. The van der Waals surface area contributed by atoms with Gasteiger partial charge in [-0.25, -0.2) is 0 Å². The molecule has 2 aliphatic rings. The van der Waals surface area contributed by atoms with Crippen molar-refractivity contribution in [2.75, 3.05) is 19.6 Å². The molecule has 1 aromatic carbocycles. The van der Waals surface area contributed by atoms with Crippen molar-refractivity contribution < 1.29 is 14.7 Å². The van der Waals surface area contributed by atoms with Crippen molar-refractivity contribution in [2.24, 2.45) is 5.41 Å². The standard InChI is InChI=1S/C18H23ClN2O3/c1-13(22)17(24)20-8-6-18(7-9-20)10-16(23)21(12-18)11-14-2-4-15(19)5-3-14/h2-5,13,22H,6-12H2,1H3/t13-/m0/s1. The van der Waals surface area contributed by atoms with E-state index in [1.165, 1.54) is 6.92 Å². The average molecular weight is 351 g/mol. The summed E-state index contributed by atoms with van der Waals surface area (Å²) in [5.74, 6) is -0.0348. The lowest BCUT2D eigenvalue weighted by Gasteiger charge is -2.39. The zero-order valence-corrected chi connectivity index (χ0v) is 14.6. The van der Waals surface area contributed by atoms with Crippen LogP contribution in [0, 0.1) is 5.41 Å². The zero-order valence-electron chi connectivity index (χ0n) is 13.9. The fraction of sp³-hybridized carbons (Fsp3) is 0.556. The van der Waals surface area contributed by atoms with Crippen LogP contribution in [-0.2, 0) is 16.1 Å². The smallest absolute Gasteiger partial charge is 0.251 e. The molecular weight excluding hydrogens is 328 g/mol. The first-order valence-electron chi connectivity index (χ1n) is 8.38. The number of halogens is 1. The third-order valence-corrected chi connectivity index (χ3v) is 5.44. The van der Waals surface area contributed by atoms with Crippen LogP contribution < -0.4 is 0 Å². The molecule has 1 N–H and O–H groups in total. The predicted octanol–water partition coefficient (Wildman–Crippen LogP) is 2.06. The van der Waals surface area contributed by atoms with E-state index in [1.807, 2.05) is 29.2 Å². The van der Waals surface area contributed by atoms with Crippen molar-refractivity contribution >= 4 is 23.4 Å². The number of aliphatic hydroxyl groups excluding tert-OH is 1. The lowest BCUT2D eigenvalue weighted by molar-refractivity contribution is -0.141. The lowest BCUT2D eigenvalue weighted by atomic mass is 9.77. The maximum atomic E-state index is 12.4. The highest BCUT2D eigenvalue weighted by molar-refractivity contribution is 6.30. The van der Waals surface area contributed by atoms with Crippen LogP contribution in [0.1, 0.15) is 31.7 Å². The highest BCUT2D eigenvalue weighted by atomic mass is 35.5. The number of amides is 2. The van der Waals surface area contributed by atoms with E-state index in [0.29, 0.717) is 31.1 Å². The molecule has 5 nitrogen and oxygen atoms in total. The molecule has 2 amide bonds. The molecule has 0 radical (unpaired) electrons. The molecule has 0 bridgehead atoms. The molecule has 0 saturated carbocycles. The van der Waals surface area contributed by atoms with Gasteiger partial charge < -0.3 is 14.9 Å². The second-order valence-corrected chi connectivity index (χ2v) is 7.49. The van der Waals surface area contributed by atoms with E-state index >= 15 is 0 Å². The van der Waals surface area contributed by atoms with Gasteiger partial charge in [0.15, 0.2) is 0 Å². The van der Waals surface area contributed by atoms with E-state index in [9.17, 15) is 14.7 Å². The molecule has 130 valence electrons. The quantitative estimate of drug-likeness (QED) is 0.907. The van der Waals surface area contributed by atoms with E-state index in [1.54, 1.807) is 4.90 Å². The van der Waals surface area contributed by atoms with Crippen LogP contribution in [0.5, 0.6) is 0 Å². The van der Waals surface area contributed by atoms with E-state index in [4.69, 9.17) is 11.6 Å². The Hall–Kier alpha value is -1.59. The summed E-state index contributed by atoms with van der Waals surface area (Å²) < 4.78 is 0. The number of likely N-dealkylation sites (tertiary alicyclic amines) is 2. The minimum absolute atomic E-state index is 0.0288. The molecule has 2 fully saturated rings. The largest absolute Gasteiger partial charge is 0.384 e. The number of carbonyl (C=O) groups excluding carboxylic acids is 2. The molecule has 6 heteroatoms. The van der Waals surface area contributed by atoms with E-state index < -0.39 is 6.10 Å². The summed E-state index contributed by atoms with van der Waals surface area (Å²) in [7, 11) is 0. The number of aliphatic hydroxyl groups is 1. The molecule has 0 aliphatic carbocycles. The Bertz CT molecular complexity index is 622. The van der Waals surface area contributed by atoms with Gasteiger partial charge in [-0.15, -0.1) is 0 Å². The molecule has 2 heterocycles. The minimum atomic E-state index is -0.953. The van der Waals surface area contributed by atoms with Gasteiger partial charge in [-0.05, 0) is 37.5 Å². The van der Waals surface area contributed by atoms with E-state index in [0.717, 1.165) is 24.9 Å². The summed E-state index contributed by atoms with van der Waals surface area (Å²) in [6.45, 7) is 4.08. The zero-order chi connectivity index (χ0) is 17.3. The van der Waals surface area contributed by atoms with Crippen LogP contribution in [0.25, 0.3) is 0 Å². The Labute approximate surface area is 147 Å². The molecule has 2 aliphatic heterocycles. The molecule has 3 rings (SSSR count). The highest BCUT2D eigenvalue weighted by Gasteiger charge is 2.45. The number of hydrogen-bond acceptors (Lipinski definition) is 3. The summed E-state index contributed by atoms with van der Waals surface area (Å²) >= 11 is 5.90. The van der Waals surface area contributed by atoms with Crippen LogP contribution in [0.4, 0.5) is 0 Å². The third-order valence-electron chi connectivity index (χ3n) is 5.19. The van der Waals surface area contributed by atoms with Gasteiger partial charge in [-0.1, -0.05) is 23.7 Å². The topological polar surface area (TPSA) is 60.9 Å². The lowest BCUT2D eigenvalue weighted by Crippen LogP contribution is -2.47. The Morgan fingerprint density at radius 2 is 1.92 bits per heavy atom. The second-order valence-electron chi connectivity index (χ2n) is 7.05. The van der Waals surface area contributed by atoms with Crippen molar-refractivity contribution in [3.63, 3.8) is 0 Å². The Morgan fingerprint density at radius 1 is 1.29 bits per heavy atom. The maximum absolute atomic E-state index is 12.4. The Kier molecular flexibility index (Phi) is 4.83. The van der Waals surface area contributed by atoms with Crippen LogP contribution >= 0.6 is 11.6 Å². The monoisotopic (exact) mass is 350 g/mol. The summed E-state index contributed by atoms with van der Waals surface area (Å²) in [4.78, 5) is 27.9. The van der Waals surface area contributed by atoms with Gasteiger partial charge in [0.25, 0.3) is 5.91 Å². The first-order valence-corrected chi connectivity index (χ1v) is 8.75. The molecule has 0 unspecified atom stereocenters. The normalized spacial score (nSPS) is 21.4. The molecule has 1 atom stereocenters. The van der Waals surface area contributed by atoms with Crippen molar-refractivity contribution in [1.29, 1.82) is 0 Å². The minimum Gasteiger partial charge on any atom is -0.384 e. The van der Waals surface area contributed by atoms with Crippen LogP contribution in [0.3, 0.4) is 0 Å². The van der Waals surface area contributed by atoms with Crippen LogP contribution in [0.15, 0.2) is 24.3 Å². The number of carbonyl (C=O) groups is 2. The highest BCUT2D eigenvalue weighted by Crippen LogP contribution is 2.41. The van der Waals surface area contributed by atoms with Gasteiger partial charge in [-0.3, -0.25) is 9.59 Å². The SMILES string of the molecule is C[C@H](O)C(=O)N1CCC2(CC1)CC(=O)N(Cc1ccc(Cl)cc1)C2. The molecule has 0 aromatic heterocycles. The number of rotatable bonds is 3. The summed E-state index contributed by atoms with van der Waals surface area (Å²) in [5, 5.41) is 10.1. The van der Waals surface area contributed by atoms with Crippen molar-refractivity contribution in [3.05, 3.63) is 34.9 Å². The summed E-state index contributed by atoms with van der Waals surface area (Å²) in [5.41, 5.74) is 1.05. The van der Waals surface area contributed by atoms with Gasteiger partial charge in [0, 0.05) is 43.0 Å². The number of hydrogen-bond donors (Lipinski definition) is 1. The predicted molar refractivity (Wildman–Crippen MR) is 91.4 cm³/mol. The van der Waals surface area contributed by atoms with Crippen molar-refractivity contribution in [1.82, 2.24) is 9.80 Å².